The Balaban J connectivity index is 1.79. The SMILES string of the molecule is COc1ccc(-c2ccc(N3CCOC3CCC(N)=O)cc2)ccc1=O. The van der Waals surface area contributed by atoms with Crippen LogP contribution in [-0.2, 0) is 9.53 Å². The molecule has 1 heterocycles. The molecule has 6 heteroatoms. The second-order valence-corrected chi connectivity index (χ2v) is 6.13. The van der Waals surface area contributed by atoms with Gasteiger partial charge in [0.25, 0.3) is 0 Å². The Labute approximate surface area is 152 Å². The largest absolute Gasteiger partial charge is 0.493 e. The van der Waals surface area contributed by atoms with Crippen molar-refractivity contribution in [1.82, 2.24) is 0 Å². The topological polar surface area (TPSA) is 81.9 Å². The van der Waals surface area contributed by atoms with Gasteiger partial charge in [-0.05, 0) is 35.4 Å². The Kier molecular flexibility index (Phi) is 5.53. The number of ether oxygens (including phenoxy) is 2. The molecule has 2 aromatic carbocycles. The van der Waals surface area contributed by atoms with E-state index in [1.165, 1.54) is 13.2 Å². The summed E-state index contributed by atoms with van der Waals surface area (Å²) in [6.07, 6.45) is 0.756. The van der Waals surface area contributed by atoms with Crippen LogP contribution in [0, 0.1) is 0 Å². The quantitative estimate of drug-likeness (QED) is 0.860. The molecule has 0 radical (unpaired) electrons. The molecule has 0 bridgehead atoms. The number of primary amides is 1. The van der Waals surface area contributed by atoms with E-state index in [-0.39, 0.29) is 17.6 Å². The third kappa shape index (κ3) is 4.03. The zero-order valence-electron chi connectivity index (χ0n) is 14.7. The van der Waals surface area contributed by atoms with E-state index in [4.69, 9.17) is 15.2 Å². The van der Waals surface area contributed by atoms with Crippen molar-refractivity contribution in [3.8, 4) is 16.9 Å². The first-order chi connectivity index (χ1) is 12.6. The molecule has 6 nitrogen and oxygen atoms in total. The van der Waals surface area contributed by atoms with Gasteiger partial charge in [-0.25, -0.2) is 0 Å². The number of anilines is 1. The lowest BCUT2D eigenvalue weighted by atomic mass is 10.1. The number of carbonyl (C=O) groups excluding carboxylic acids is 1. The highest BCUT2D eigenvalue weighted by atomic mass is 16.5. The second-order valence-electron chi connectivity index (χ2n) is 6.13. The Bertz CT molecular complexity index is 836. The summed E-state index contributed by atoms with van der Waals surface area (Å²) in [6.45, 7) is 1.41. The number of methoxy groups -OCH3 is 1. The van der Waals surface area contributed by atoms with Crippen LogP contribution in [0.3, 0.4) is 0 Å². The van der Waals surface area contributed by atoms with Gasteiger partial charge in [0.15, 0.2) is 5.75 Å². The first-order valence-electron chi connectivity index (χ1n) is 8.54. The van der Waals surface area contributed by atoms with Crippen molar-refractivity contribution in [2.75, 3.05) is 25.2 Å². The zero-order valence-corrected chi connectivity index (χ0v) is 14.7. The zero-order chi connectivity index (χ0) is 18.5. The van der Waals surface area contributed by atoms with Gasteiger partial charge >= 0.3 is 0 Å². The molecule has 1 fully saturated rings. The van der Waals surface area contributed by atoms with E-state index in [0.717, 1.165) is 23.4 Å². The fourth-order valence-electron chi connectivity index (χ4n) is 3.08. The molecule has 2 aromatic rings. The standard InChI is InChI=1S/C20H22N2O4/c1-25-18-9-5-15(4-8-17(18)23)14-2-6-16(7-3-14)22-12-13-26-20(22)11-10-19(21)24/h2-9,20H,10-13H2,1H3,(H2,21,24). The monoisotopic (exact) mass is 354 g/mol. The summed E-state index contributed by atoms with van der Waals surface area (Å²) in [5, 5.41) is 0. The molecule has 1 aliphatic rings. The second kappa shape index (κ2) is 8.01. The minimum absolute atomic E-state index is 0.129. The van der Waals surface area contributed by atoms with Crippen molar-refractivity contribution in [1.29, 1.82) is 0 Å². The van der Waals surface area contributed by atoms with Crippen molar-refractivity contribution < 1.29 is 14.3 Å². The summed E-state index contributed by atoms with van der Waals surface area (Å²) in [5.74, 6) is 0.000272. The van der Waals surface area contributed by atoms with Gasteiger partial charge in [0.2, 0.25) is 11.3 Å². The van der Waals surface area contributed by atoms with Gasteiger partial charge in [-0.1, -0.05) is 24.3 Å². The van der Waals surface area contributed by atoms with Crippen LogP contribution in [0.1, 0.15) is 12.8 Å². The van der Waals surface area contributed by atoms with E-state index >= 15 is 0 Å². The molecule has 26 heavy (non-hydrogen) atoms. The first-order valence-corrected chi connectivity index (χ1v) is 8.54. The highest BCUT2D eigenvalue weighted by Crippen LogP contribution is 2.27. The predicted molar refractivity (Wildman–Crippen MR) is 100 cm³/mol. The van der Waals surface area contributed by atoms with Crippen LogP contribution in [-0.4, -0.2) is 32.4 Å². The third-order valence-electron chi connectivity index (χ3n) is 4.45. The summed E-state index contributed by atoms with van der Waals surface area (Å²) in [7, 11) is 1.48. The summed E-state index contributed by atoms with van der Waals surface area (Å²) < 4.78 is 10.8. The van der Waals surface area contributed by atoms with E-state index in [1.807, 2.05) is 30.3 Å². The van der Waals surface area contributed by atoms with Gasteiger partial charge in [-0.15, -0.1) is 0 Å². The number of hydrogen-bond donors (Lipinski definition) is 1. The van der Waals surface area contributed by atoms with Crippen LogP contribution in [0.25, 0.3) is 11.1 Å². The molecule has 1 unspecified atom stereocenters. The van der Waals surface area contributed by atoms with E-state index in [2.05, 4.69) is 4.90 Å². The lowest BCUT2D eigenvalue weighted by Crippen LogP contribution is -2.31. The van der Waals surface area contributed by atoms with Crippen molar-refractivity contribution in [3.05, 3.63) is 58.8 Å². The minimum atomic E-state index is -0.319. The summed E-state index contributed by atoms with van der Waals surface area (Å²) in [6, 6.07) is 14.9. The fourth-order valence-corrected chi connectivity index (χ4v) is 3.08. The number of carbonyl (C=O) groups is 1. The minimum Gasteiger partial charge on any atom is -0.493 e. The van der Waals surface area contributed by atoms with Crippen LogP contribution in [0.4, 0.5) is 5.69 Å². The average molecular weight is 354 g/mol. The predicted octanol–water partition coefficient (Wildman–Crippen LogP) is 2.15. The fraction of sp³-hybridized carbons (Fsp3) is 0.300. The van der Waals surface area contributed by atoms with Gasteiger partial charge < -0.3 is 20.1 Å². The van der Waals surface area contributed by atoms with Crippen LogP contribution in [0.5, 0.6) is 5.75 Å². The Morgan fingerprint density at radius 1 is 1.15 bits per heavy atom. The number of nitrogens with two attached hydrogens (primary N) is 1. The molecule has 2 N–H and O–H groups in total. The molecule has 0 aromatic heterocycles. The highest BCUT2D eigenvalue weighted by molar-refractivity contribution is 5.73. The highest BCUT2D eigenvalue weighted by Gasteiger charge is 2.25. The van der Waals surface area contributed by atoms with E-state index in [9.17, 15) is 9.59 Å². The maximum atomic E-state index is 11.8. The smallest absolute Gasteiger partial charge is 0.220 e. The van der Waals surface area contributed by atoms with Crippen LogP contribution < -0.4 is 20.8 Å². The van der Waals surface area contributed by atoms with E-state index in [0.29, 0.717) is 25.2 Å². The van der Waals surface area contributed by atoms with Gasteiger partial charge in [0, 0.05) is 25.1 Å². The summed E-state index contributed by atoms with van der Waals surface area (Å²) in [4.78, 5) is 25.0. The molecule has 1 aliphatic heterocycles. The van der Waals surface area contributed by atoms with Crippen molar-refractivity contribution in [3.63, 3.8) is 0 Å². The lowest BCUT2D eigenvalue weighted by Gasteiger charge is -2.25. The van der Waals surface area contributed by atoms with Crippen molar-refractivity contribution in [2.24, 2.45) is 5.73 Å². The molecule has 0 saturated carbocycles. The molecule has 0 aliphatic carbocycles. The Morgan fingerprint density at radius 3 is 2.46 bits per heavy atom. The van der Waals surface area contributed by atoms with E-state index < -0.39 is 0 Å². The summed E-state index contributed by atoms with van der Waals surface area (Å²) >= 11 is 0. The molecular weight excluding hydrogens is 332 g/mol. The maximum Gasteiger partial charge on any atom is 0.220 e. The molecule has 1 saturated heterocycles. The Morgan fingerprint density at radius 2 is 1.81 bits per heavy atom. The molecular formula is C20H22N2O4. The average Bonchev–Trinajstić information content (AvgIpc) is 3.03. The first kappa shape index (κ1) is 17.9. The van der Waals surface area contributed by atoms with Crippen LogP contribution >= 0.6 is 0 Å². The van der Waals surface area contributed by atoms with Crippen molar-refractivity contribution in [2.45, 2.75) is 19.1 Å². The number of benzene rings is 1. The number of nitrogens with zero attached hydrogens (tertiary/aromatic N) is 1. The number of rotatable bonds is 6. The van der Waals surface area contributed by atoms with Gasteiger partial charge in [-0.2, -0.15) is 0 Å². The summed E-state index contributed by atoms with van der Waals surface area (Å²) in [5.41, 5.74) is 8.05. The Hall–Kier alpha value is -2.86. The molecule has 0 spiro atoms. The van der Waals surface area contributed by atoms with Crippen LogP contribution in [0.15, 0.2) is 53.3 Å². The molecule has 1 amide bonds. The maximum absolute atomic E-state index is 11.8. The van der Waals surface area contributed by atoms with Gasteiger partial charge in [0.1, 0.15) is 6.23 Å². The normalized spacial score (nSPS) is 16.5. The number of amides is 1. The van der Waals surface area contributed by atoms with Crippen molar-refractivity contribution >= 4 is 11.6 Å². The van der Waals surface area contributed by atoms with Crippen LogP contribution in [0.2, 0.25) is 0 Å². The molecule has 1 atom stereocenters. The molecule has 3 rings (SSSR count). The van der Waals surface area contributed by atoms with E-state index in [1.54, 1.807) is 12.1 Å². The van der Waals surface area contributed by atoms with Gasteiger partial charge in [-0.3, -0.25) is 9.59 Å². The van der Waals surface area contributed by atoms with Gasteiger partial charge in [0.05, 0.1) is 13.7 Å². The lowest BCUT2D eigenvalue weighted by molar-refractivity contribution is -0.118. The molecule has 136 valence electrons. The number of hydrogen-bond acceptors (Lipinski definition) is 5. The third-order valence-corrected chi connectivity index (χ3v) is 4.45.